The summed E-state index contributed by atoms with van der Waals surface area (Å²) in [6.45, 7) is 3.77. The normalized spacial score (nSPS) is 13.0. The number of nitrogens with one attached hydrogen (secondary N) is 2. The summed E-state index contributed by atoms with van der Waals surface area (Å²) in [7, 11) is 0. The number of aromatic nitrogens is 2. The second-order valence-electron chi connectivity index (χ2n) is 6.28. The van der Waals surface area contributed by atoms with Crippen LogP contribution in [0.4, 0.5) is 0 Å². The van der Waals surface area contributed by atoms with Gasteiger partial charge in [0.2, 0.25) is 0 Å². The van der Waals surface area contributed by atoms with Crippen LogP contribution in [-0.2, 0) is 11.2 Å². The number of imidazole rings is 1. The average Bonchev–Trinajstić information content (AvgIpc) is 3.17. The van der Waals surface area contributed by atoms with Crippen molar-refractivity contribution in [2.24, 2.45) is 0 Å². The highest BCUT2D eigenvalue weighted by Crippen LogP contribution is 2.18. The zero-order valence-electron chi connectivity index (χ0n) is 15.0. The maximum Gasteiger partial charge on any atom is 0.261 e. The minimum Gasteiger partial charge on any atom is -0.481 e. The number of carbonyl (C=O) groups excluding carboxylic acids is 1. The Bertz CT molecular complexity index is 814. The smallest absolute Gasteiger partial charge is 0.261 e. The first kappa shape index (κ1) is 17.7. The summed E-state index contributed by atoms with van der Waals surface area (Å²) in [5, 5.41) is 3.08. The van der Waals surface area contributed by atoms with Crippen molar-refractivity contribution in [3.8, 4) is 5.75 Å². The number of benzene rings is 2. The number of amides is 1. The monoisotopic (exact) mass is 349 g/mol. The number of hydrogen-bond donors (Lipinski definition) is 2. The molecule has 134 valence electrons. The Labute approximate surface area is 153 Å². The minimum absolute atomic E-state index is 0.161. The predicted octanol–water partition coefficient (Wildman–Crippen LogP) is 3.59. The summed E-state index contributed by atoms with van der Waals surface area (Å²) in [5.41, 5.74) is 2.18. The van der Waals surface area contributed by atoms with Gasteiger partial charge in [-0.05, 0) is 31.5 Å². The fourth-order valence-corrected chi connectivity index (χ4v) is 2.70. The van der Waals surface area contributed by atoms with Crippen molar-refractivity contribution in [1.29, 1.82) is 0 Å². The van der Waals surface area contributed by atoms with Gasteiger partial charge >= 0.3 is 0 Å². The molecule has 1 heterocycles. The maximum atomic E-state index is 12.7. The van der Waals surface area contributed by atoms with Crippen molar-refractivity contribution in [2.45, 2.75) is 32.4 Å². The molecule has 2 aromatic carbocycles. The zero-order valence-corrected chi connectivity index (χ0v) is 15.0. The van der Waals surface area contributed by atoms with Gasteiger partial charge < -0.3 is 15.0 Å². The largest absolute Gasteiger partial charge is 0.481 e. The number of H-pyrrole nitrogens is 1. The molecular formula is C21H23N3O2. The number of rotatable bonds is 7. The van der Waals surface area contributed by atoms with Gasteiger partial charge in [0.15, 0.2) is 6.10 Å². The van der Waals surface area contributed by atoms with Gasteiger partial charge in [0.1, 0.15) is 11.6 Å². The fraction of sp³-hybridized carbons (Fsp3) is 0.238. The molecule has 3 rings (SSSR count). The topological polar surface area (TPSA) is 67.0 Å². The van der Waals surface area contributed by atoms with Crippen LogP contribution >= 0.6 is 0 Å². The number of aromatic amines is 1. The first-order valence-corrected chi connectivity index (χ1v) is 8.68. The molecule has 0 aliphatic carbocycles. The molecule has 5 heteroatoms. The molecule has 1 amide bonds. The van der Waals surface area contributed by atoms with Crippen LogP contribution in [0.5, 0.6) is 5.75 Å². The lowest BCUT2D eigenvalue weighted by Crippen LogP contribution is -2.39. The molecule has 0 saturated heterocycles. The summed E-state index contributed by atoms with van der Waals surface area (Å²) >= 11 is 0. The lowest BCUT2D eigenvalue weighted by Gasteiger charge is -2.21. The SMILES string of the molecule is Cc1ccc(OC(C)C(=O)NC(Cc2ncc[nH]2)c2ccccc2)cc1. The van der Waals surface area contributed by atoms with Gasteiger partial charge in [-0.15, -0.1) is 0 Å². The van der Waals surface area contributed by atoms with Gasteiger partial charge in [-0.25, -0.2) is 4.98 Å². The highest BCUT2D eigenvalue weighted by Gasteiger charge is 2.21. The van der Waals surface area contributed by atoms with Crippen molar-refractivity contribution < 1.29 is 9.53 Å². The lowest BCUT2D eigenvalue weighted by molar-refractivity contribution is -0.128. The molecule has 26 heavy (non-hydrogen) atoms. The van der Waals surface area contributed by atoms with Gasteiger partial charge in [-0.2, -0.15) is 0 Å². The number of nitrogens with zero attached hydrogens (tertiary/aromatic N) is 1. The number of aryl methyl sites for hydroxylation is 1. The molecule has 2 atom stereocenters. The summed E-state index contributed by atoms with van der Waals surface area (Å²) in [5.74, 6) is 1.35. The average molecular weight is 349 g/mol. The van der Waals surface area contributed by atoms with Crippen LogP contribution in [-0.4, -0.2) is 22.0 Å². The number of carbonyl (C=O) groups is 1. The molecule has 0 aliphatic heterocycles. The molecule has 0 spiro atoms. The summed E-state index contributed by atoms with van der Waals surface area (Å²) in [6.07, 6.45) is 3.48. The van der Waals surface area contributed by atoms with Crippen LogP contribution in [0.25, 0.3) is 0 Å². The third-order valence-corrected chi connectivity index (χ3v) is 4.17. The second-order valence-corrected chi connectivity index (χ2v) is 6.28. The molecule has 2 N–H and O–H groups in total. The van der Waals surface area contributed by atoms with E-state index in [4.69, 9.17) is 4.74 Å². The van der Waals surface area contributed by atoms with E-state index in [0.717, 1.165) is 17.0 Å². The Hall–Kier alpha value is -3.08. The molecule has 2 unspecified atom stereocenters. The summed E-state index contributed by atoms with van der Waals surface area (Å²) in [6, 6.07) is 17.4. The van der Waals surface area contributed by atoms with Crippen LogP contribution < -0.4 is 10.1 Å². The fourth-order valence-electron chi connectivity index (χ4n) is 2.70. The van der Waals surface area contributed by atoms with Gasteiger partial charge in [-0.1, -0.05) is 48.0 Å². The Balaban J connectivity index is 1.68. The Morgan fingerprint density at radius 1 is 1.15 bits per heavy atom. The van der Waals surface area contributed by atoms with Gasteiger partial charge in [-0.3, -0.25) is 4.79 Å². The second kappa shape index (κ2) is 8.34. The van der Waals surface area contributed by atoms with Crippen LogP contribution in [0.1, 0.15) is 29.9 Å². The third kappa shape index (κ3) is 4.72. The standard InChI is InChI=1S/C21H23N3O2/c1-15-8-10-18(11-9-15)26-16(2)21(25)24-19(14-20-22-12-13-23-20)17-6-4-3-5-7-17/h3-13,16,19H,14H2,1-2H3,(H,22,23)(H,24,25). The van der Waals surface area contributed by atoms with Gasteiger partial charge in [0.05, 0.1) is 6.04 Å². The van der Waals surface area contributed by atoms with Crippen LogP contribution in [0.2, 0.25) is 0 Å². The Kier molecular flexibility index (Phi) is 5.69. The predicted molar refractivity (Wildman–Crippen MR) is 101 cm³/mol. The van der Waals surface area contributed by atoms with Gasteiger partial charge in [0.25, 0.3) is 5.91 Å². The molecular weight excluding hydrogens is 326 g/mol. The molecule has 0 radical (unpaired) electrons. The maximum absolute atomic E-state index is 12.7. The Morgan fingerprint density at radius 3 is 2.54 bits per heavy atom. The van der Waals surface area contributed by atoms with Crippen LogP contribution in [0.3, 0.4) is 0 Å². The van der Waals surface area contributed by atoms with E-state index in [2.05, 4.69) is 15.3 Å². The van der Waals surface area contributed by atoms with Crippen molar-refractivity contribution in [1.82, 2.24) is 15.3 Å². The highest BCUT2D eigenvalue weighted by molar-refractivity contribution is 5.81. The lowest BCUT2D eigenvalue weighted by atomic mass is 10.0. The molecule has 0 aliphatic rings. The van der Waals surface area contributed by atoms with E-state index in [1.165, 1.54) is 0 Å². The number of hydrogen-bond acceptors (Lipinski definition) is 3. The summed E-state index contributed by atoms with van der Waals surface area (Å²) in [4.78, 5) is 20.0. The third-order valence-electron chi connectivity index (χ3n) is 4.17. The van der Waals surface area contributed by atoms with Crippen molar-refractivity contribution in [2.75, 3.05) is 0 Å². The quantitative estimate of drug-likeness (QED) is 0.685. The highest BCUT2D eigenvalue weighted by atomic mass is 16.5. The van der Waals surface area contributed by atoms with E-state index < -0.39 is 6.10 Å². The van der Waals surface area contributed by atoms with E-state index >= 15 is 0 Å². The van der Waals surface area contributed by atoms with Crippen LogP contribution in [0, 0.1) is 6.92 Å². The Morgan fingerprint density at radius 2 is 1.88 bits per heavy atom. The van der Waals surface area contributed by atoms with E-state index in [-0.39, 0.29) is 11.9 Å². The van der Waals surface area contributed by atoms with E-state index in [1.54, 1.807) is 19.3 Å². The van der Waals surface area contributed by atoms with E-state index in [1.807, 2.05) is 61.5 Å². The van der Waals surface area contributed by atoms with E-state index in [9.17, 15) is 4.79 Å². The first-order valence-electron chi connectivity index (χ1n) is 8.68. The molecule has 0 bridgehead atoms. The van der Waals surface area contributed by atoms with Crippen molar-refractivity contribution in [3.63, 3.8) is 0 Å². The van der Waals surface area contributed by atoms with Crippen LogP contribution in [0.15, 0.2) is 67.0 Å². The molecule has 5 nitrogen and oxygen atoms in total. The molecule has 1 aromatic heterocycles. The zero-order chi connectivity index (χ0) is 18.4. The van der Waals surface area contributed by atoms with E-state index in [0.29, 0.717) is 12.2 Å². The van der Waals surface area contributed by atoms with Gasteiger partial charge in [0, 0.05) is 18.8 Å². The molecule has 3 aromatic rings. The van der Waals surface area contributed by atoms with Crippen molar-refractivity contribution >= 4 is 5.91 Å². The summed E-state index contributed by atoms with van der Waals surface area (Å²) < 4.78 is 5.77. The van der Waals surface area contributed by atoms with Crippen molar-refractivity contribution in [3.05, 3.63) is 83.9 Å². The molecule has 0 fully saturated rings. The molecule has 0 saturated carbocycles. The first-order chi connectivity index (χ1) is 12.6. The number of ether oxygens (including phenoxy) is 1. The minimum atomic E-state index is -0.597.